The molecule has 2 N–H and O–H groups in total. The summed E-state index contributed by atoms with van der Waals surface area (Å²) >= 11 is 0. The maximum absolute atomic E-state index is 12.9. The summed E-state index contributed by atoms with van der Waals surface area (Å²) in [6.07, 6.45) is 17.6. The van der Waals surface area contributed by atoms with Gasteiger partial charge >= 0.3 is 35.4 Å². The van der Waals surface area contributed by atoms with Gasteiger partial charge in [-0.05, 0) is 32.1 Å². The van der Waals surface area contributed by atoms with Crippen molar-refractivity contribution in [3.05, 3.63) is 12.2 Å². The summed E-state index contributed by atoms with van der Waals surface area (Å²) in [7, 11) is -4.54. The summed E-state index contributed by atoms with van der Waals surface area (Å²) < 4.78 is 34.4. The molecule has 198 valence electrons. The number of allylic oxidation sites excluding steroid dienone is 2. The SMILES string of the molecule is CCCCCC/C=C/CCCCCCCCC(=O)C1=[N+](CC(O)CS(=O)(=O)[O-])CCN1CCO.[Na+]. The number of ketones is 1. The van der Waals surface area contributed by atoms with Crippen molar-refractivity contribution >= 4 is 21.7 Å². The van der Waals surface area contributed by atoms with Crippen LogP contribution in [0.15, 0.2) is 12.2 Å². The van der Waals surface area contributed by atoms with Gasteiger partial charge in [0, 0.05) is 6.42 Å². The van der Waals surface area contributed by atoms with Crippen molar-refractivity contribution in [2.75, 3.05) is 38.5 Å². The van der Waals surface area contributed by atoms with E-state index in [1.807, 2.05) is 0 Å². The van der Waals surface area contributed by atoms with Crippen LogP contribution in [0.5, 0.6) is 0 Å². The maximum Gasteiger partial charge on any atom is 1.00 e. The van der Waals surface area contributed by atoms with Gasteiger partial charge in [-0.1, -0.05) is 64.0 Å². The maximum atomic E-state index is 12.9. The van der Waals surface area contributed by atoms with E-state index < -0.39 is 22.0 Å². The summed E-state index contributed by atoms with van der Waals surface area (Å²) in [4.78, 5) is 14.6. The van der Waals surface area contributed by atoms with Gasteiger partial charge in [-0.15, -0.1) is 0 Å². The molecule has 1 aliphatic rings. The number of rotatable bonds is 21. The fourth-order valence-electron chi connectivity index (χ4n) is 4.36. The number of Topliss-reactive ketones (excluding diaryl/α,β-unsaturated/α-hetero) is 1. The van der Waals surface area contributed by atoms with Gasteiger partial charge in [-0.3, -0.25) is 14.3 Å². The number of amidine groups is 1. The Bertz CT molecular complexity index is 742. The van der Waals surface area contributed by atoms with E-state index in [4.69, 9.17) is 0 Å². The summed E-state index contributed by atoms with van der Waals surface area (Å²) in [6, 6.07) is 0. The van der Waals surface area contributed by atoms with Crippen LogP contribution in [0, 0.1) is 0 Å². The summed E-state index contributed by atoms with van der Waals surface area (Å²) in [5.41, 5.74) is 0. The molecule has 0 saturated carbocycles. The Morgan fingerprint density at radius 1 is 1.06 bits per heavy atom. The molecule has 1 rings (SSSR count). The van der Waals surface area contributed by atoms with E-state index in [0.717, 1.165) is 32.1 Å². The first-order valence-corrected chi connectivity index (χ1v) is 14.6. The summed E-state index contributed by atoms with van der Waals surface area (Å²) in [5, 5.41) is 19.2. The van der Waals surface area contributed by atoms with E-state index in [-0.39, 0.29) is 48.5 Å². The molecule has 1 unspecified atom stereocenters. The van der Waals surface area contributed by atoms with Crippen molar-refractivity contribution in [3.63, 3.8) is 0 Å². The van der Waals surface area contributed by atoms with Crippen molar-refractivity contribution in [1.29, 1.82) is 0 Å². The van der Waals surface area contributed by atoms with Crippen molar-refractivity contribution in [1.82, 2.24) is 4.90 Å². The molecule has 0 spiro atoms. The summed E-state index contributed by atoms with van der Waals surface area (Å²) in [6.45, 7) is 3.32. The van der Waals surface area contributed by atoms with Crippen LogP contribution >= 0.6 is 0 Å². The van der Waals surface area contributed by atoms with Crippen LogP contribution in [0.25, 0.3) is 0 Å². The zero-order valence-electron chi connectivity index (χ0n) is 22.0. The van der Waals surface area contributed by atoms with Gasteiger partial charge in [0.15, 0.2) is 0 Å². The molecule has 10 heteroatoms. The van der Waals surface area contributed by atoms with Crippen LogP contribution in [0.3, 0.4) is 0 Å². The van der Waals surface area contributed by atoms with Crippen molar-refractivity contribution in [2.45, 2.75) is 96.5 Å². The van der Waals surface area contributed by atoms with Gasteiger partial charge in [0.05, 0.1) is 22.5 Å². The molecule has 35 heavy (non-hydrogen) atoms. The van der Waals surface area contributed by atoms with Crippen molar-refractivity contribution < 1.29 is 62.1 Å². The third kappa shape index (κ3) is 17.0. The largest absolute Gasteiger partial charge is 1.00 e. The number of aliphatic hydroxyl groups excluding tert-OH is 2. The number of β-amino-alcohol motifs (C(OH)–C–C–N with tert-alkyl or cyclic N) is 2. The number of unbranched alkanes of at least 4 members (excludes halogenated alkanes) is 10. The van der Waals surface area contributed by atoms with E-state index in [1.165, 1.54) is 44.9 Å². The smallest absolute Gasteiger partial charge is 0.748 e. The zero-order chi connectivity index (χ0) is 25.2. The van der Waals surface area contributed by atoms with Crippen LogP contribution in [-0.4, -0.2) is 88.9 Å². The number of carbonyl (C=O) groups excluding carboxylic acids is 1. The minimum Gasteiger partial charge on any atom is -0.748 e. The monoisotopic (exact) mass is 525 g/mol. The van der Waals surface area contributed by atoms with Gasteiger partial charge in [-0.25, -0.2) is 8.42 Å². The molecule has 0 bridgehead atoms. The number of nitrogens with zero attached hydrogens (tertiary/aromatic N) is 2. The van der Waals surface area contributed by atoms with Crippen LogP contribution in [0.4, 0.5) is 0 Å². The summed E-state index contributed by atoms with van der Waals surface area (Å²) in [5.74, 6) is -0.523. The number of hydrogen-bond donors (Lipinski definition) is 2. The molecule has 1 aliphatic heterocycles. The normalized spacial score (nSPS) is 15.1. The van der Waals surface area contributed by atoms with Gasteiger partial charge in [-0.2, -0.15) is 0 Å². The Balaban J connectivity index is 0.0000116. The van der Waals surface area contributed by atoms with Crippen LogP contribution < -0.4 is 29.6 Å². The van der Waals surface area contributed by atoms with E-state index in [2.05, 4.69) is 19.1 Å². The molecular formula is C25H46N2NaO6S+. The Hall–Kier alpha value is -0.290. The molecule has 0 aliphatic carbocycles. The molecule has 8 nitrogen and oxygen atoms in total. The van der Waals surface area contributed by atoms with E-state index in [0.29, 0.717) is 31.9 Å². The van der Waals surface area contributed by atoms with Gasteiger partial charge in [0.25, 0.3) is 0 Å². The fraction of sp³-hybridized carbons (Fsp3) is 0.840. The molecule has 0 saturated heterocycles. The second kappa shape index (κ2) is 20.7. The molecule has 0 aromatic carbocycles. The molecule has 0 aromatic heterocycles. The second-order valence-corrected chi connectivity index (χ2v) is 10.7. The quantitative estimate of drug-likeness (QED) is 0.0702. The predicted octanol–water partition coefficient (Wildman–Crippen LogP) is -0.168. The first-order chi connectivity index (χ1) is 16.3. The minimum absolute atomic E-state index is 0. The van der Waals surface area contributed by atoms with Gasteiger partial charge < -0.3 is 14.8 Å². The molecule has 0 fully saturated rings. The Labute approximate surface area is 234 Å². The molecule has 0 radical (unpaired) electrons. The standard InChI is InChI=1S/C25H46N2O6S.Na/c1-2-3-4-5-6-7-8-9-10-11-12-13-14-15-16-24(30)25-26(19-20-28)17-18-27(25)21-23(29)22-34(31,32)33;/h7-8,23,28-29H,2-6,9-22H2,1H3;/q;+1/b8-7+;. The molecule has 1 heterocycles. The van der Waals surface area contributed by atoms with E-state index in [9.17, 15) is 28.0 Å². The van der Waals surface area contributed by atoms with Gasteiger partial charge in [0.1, 0.15) is 32.3 Å². The first kappa shape index (κ1) is 34.7. The average molecular weight is 526 g/mol. The second-order valence-electron chi connectivity index (χ2n) is 9.26. The fourth-order valence-corrected chi connectivity index (χ4v) is 4.93. The number of hydrogen-bond acceptors (Lipinski definition) is 7. The molecular weight excluding hydrogens is 479 g/mol. The number of carbonyl (C=O) groups is 1. The Morgan fingerprint density at radius 3 is 2.20 bits per heavy atom. The predicted molar refractivity (Wildman–Crippen MR) is 134 cm³/mol. The number of aliphatic hydroxyl groups is 2. The molecule has 1 atom stereocenters. The van der Waals surface area contributed by atoms with Gasteiger partial charge in [0.2, 0.25) is 5.78 Å². The molecule has 0 aromatic rings. The Morgan fingerprint density at radius 2 is 1.63 bits per heavy atom. The molecule has 0 amide bonds. The van der Waals surface area contributed by atoms with Crippen LogP contribution in [0.1, 0.15) is 90.4 Å². The van der Waals surface area contributed by atoms with Crippen LogP contribution in [0.2, 0.25) is 0 Å². The Kier molecular flexibility index (Phi) is 20.6. The van der Waals surface area contributed by atoms with Crippen molar-refractivity contribution in [2.24, 2.45) is 0 Å². The topological polar surface area (TPSA) is 121 Å². The zero-order valence-corrected chi connectivity index (χ0v) is 24.8. The minimum atomic E-state index is -4.54. The third-order valence-electron chi connectivity index (χ3n) is 6.10. The average Bonchev–Trinajstić information content (AvgIpc) is 3.14. The third-order valence-corrected chi connectivity index (χ3v) is 6.89. The van der Waals surface area contributed by atoms with Crippen molar-refractivity contribution in [3.8, 4) is 0 Å². The first-order valence-electron chi connectivity index (χ1n) is 13.1. The van der Waals surface area contributed by atoms with Crippen LogP contribution in [-0.2, 0) is 14.9 Å². The van der Waals surface area contributed by atoms with E-state index >= 15 is 0 Å². The van der Waals surface area contributed by atoms with E-state index in [1.54, 1.807) is 9.48 Å².